The fraction of sp³-hybridized carbons (Fsp3) is 0.421. The summed E-state index contributed by atoms with van der Waals surface area (Å²) in [6.07, 6.45) is 6.33. The predicted molar refractivity (Wildman–Crippen MR) is 93.3 cm³/mol. The van der Waals surface area contributed by atoms with Gasteiger partial charge in [0.1, 0.15) is 0 Å². The minimum absolute atomic E-state index is 0.0304. The standard InChI is InChI=1S/C19H23N3O3/c23-18(24)9-8-15-5-3-11-21(13-15)19(25)17-7-2-1-6-16(17)14-22-12-4-10-20-22/h1-2,4,6-7,10,12,15H,3,5,8-9,11,13-14H2,(H,23,24). The van der Waals surface area contributed by atoms with Crippen molar-refractivity contribution in [2.45, 2.75) is 32.2 Å². The molecule has 6 nitrogen and oxygen atoms in total. The van der Waals surface area contributed by atoms with Gasteiger partial charge in [0.2, 0.25) is 0 Å². The van der Waals surface area contributed by atoms with Crippen LogP contribution in [0.4, 0.5) is 0 Å². The molecule has 0 radical (unpaired) electrons. The quantitative estimate of drug-likeness (QED) is 0.876. The van der Waals surface area contributed by atoms with Gasteiger partial charge in [0.25, 0.3) is 5.91 Å². The molecule has 1 amide bonds. The molecule has 1 saturated heterocycles. The number of likely N-dealkylation sites (tertiary alicyclic amines) is 1. The van der Waals surface area contributed by atoms with E-state index in [1.807, 2.05) is 41.4 Å². The van der Waals surface area contributed by atoms with Crippen molar-refractivity contribution < 1.29 is 14.7 Å². The molecule has 1 aromatic heterocycles. The van der Waals surface area contributed by atoms with Crippen LogP contribution in [-0.2, 0) is 11.3 Å². The maximum Gasteiger partial charge on any atom is 0.303 e. The van der Waals surface area contributed by atoms with Gasteiger partial charge in [-0.1, -0.05) is 18.2 Å². The van der Waals surface area contributed by atoms with Crippen molar-refractivity contribution in [2.75, 3.05) is 13.1 Å². The van der Waals surface area contributed by atoms with Crippen molar-refractivity contribution in [3.63, 3.8) is 0 Å². The van der Waals surface area contributed by atoms with Gasteiger partial charge in [-0.3, -0.25) is 14.3 Å². The second kappa shape index (κ2) is 7.96. The number of aliphatic carboxylic acids is 1. The Hall–Kier alpha value is -2.63. The number of aromatic nitrogens is 2. The number of carbonyl (C=O) groups is 2. The third kappa shape index (κ3) is 4.47. The molecule has 1 aliphatic heterocycles. The average molecular weight is 341 g/mol. The monoisotopic (exact) mass is 341 g/mol. The molecule has 0 aliphatic carbocycles. The number of carboxylic acid groups (broad SMARTS) is 1. The van der Waals surface area contributed by atoms with Crippen LogP contribution in [0.15, 0.2) is 42.7 Å². The lowest BCUT2D eigenvalue weighted by Gasteiger charge is -2.33. The van der Waals surface area contributed by atoms with Crippen molar-refractivity contribution in [1.29, 1.82) is 0 Å². The molecule has 2 aromatic rings. The van der Waals surface area contributed by atoms with Gasteiger partial charge in [0.05, 0.1) is 6.54 Å². The zero-order valence-electron chi connectivity index (χ0n) is 14.2. The van der Waals surface area contributed by atoms with E-state index < -0.39 is 5.97 Å². The minimum atomic E-state index is -0.770. The van der Waals surface area contributed by atoms with Crippen LogP contribution >= 0.6 is 0 Å². The van der Waals surface area contributed by atoms with E-state index in [0.717, 1.165) is 24.9 Å². The summed E-state index contributed by atoms with van der Waals surface area (Å²) in [7, 11) is 0. The predicted octanol–water partition coefficient (Wildman–Crippen LogP) is 2.65. The number of carboxylic acids is 1. The Balaban J connectivity index is 1.71. The second-order valence-corrected chi connectivity index (χ2v) is 6.55. The van der Waals surface area contributed by atoms with Gasteiger partial charge in [0, 0.05) is 37.5 Å². The van der Waals surface area contributed by atoms with Crippen LogP contribution < -0.4 is 0 Å². The largest absolute Gasteiger partial charge is 0.481 e. The first-order valence-corrected chi connectivity index (χ1v) is 8.70. The van der Waals surface area contributed by atoms with Crippen LogP contribution in [0.1, 0.15) is 41.6 Å². The topological polar surface area (TPSA) is 75.4 Å². The second-order valence-electron chi connectivity index (χ2n) is 6.55. The number of hydrogen-bond donors (Lipinski definition) is 1. The normalized spacial score (nSPS) is 17.4. The minimum Gasteiger partial charge on any atom is -0.481 e. The first kappa shape index (κ1) is 17.2. The molecule has 1 N–H and O–H groups in total. The van der Waals surface area contributed by atoms with Crippen molar-refractivity contribution in [3.8, 4) is 0 Å². The molecular weight excluding hydrogens is 318 g/mol. The highest BCUT2D eigenvalue weighted by molar-refractivity contribution is 5.95. The number of rotatable bonds is 6. The van der Waals surface area contributed by atoms with E-state index in [1.165, 1.54) is 0 Å². The lowest BCUT2D eigenvalue weighted by atomic mass is 9.92. The molecule has 0 bridgehead atoms. The van der Waals surface area contributed by atoms with E-state index in [1.54, 1.807) is 10.9 Å². The van der Waals surface area contributed by atoms with Crippen molar-refractivity contribution >= 4 is 11.9 Å². The van der Waals surface area contributed by atoms with E-state index in [-0.39, 0.29) is 18.2 Å². The summed E-state index contributed by atoms with van der Waals surface area (Å²) in [5.74, 6) is -0.470. The summed E-state index contributed by atoms with van der Waals surface area (Å²) in [6, 6.07) is 9.50. The summed E-state index contributed by atoms with van der Waals surface area (Å²) in [5.41, 5.74) is 1.65. The van der Waals surface area contributed by atoms with Gasteiger partial charge in [-0.15, -0.1) is 0 Å². The molecule has 2 heterocycles. The van der Waals surface area contributed by atoms with Crippen LogP contribution in [0.25, 0.3) is 0 Å². The van der Waals surface area contributed by atoms with E-state index in [4.69, 9.17) is 5.11 Å². The Kier molecular flexibility index (Phi) is 5.48. The Morgan fingerprint density at radius 1 is 1.24 bits per heavy atom. The molecule has 1 atom stereocenters. The zero-order chi connectivity index (χ0) is 17.6. The first-order chi connectivity index (χ1) is 12.1. The molecule has 1 aromatic carbocycles. The molecule has 1 fully saturated rings. The molecule has 132 valence electrons. The van der Waals surface area contributed by atoms with Crippen LogP contribution in [-0.4, -0.2) is 44.8 Å². The van der Waals surface area contributed by atoms with E-state index in [0.29, 0.717) is 25.1 Å². The molecule has 0 spiro atoms. The molecule has 0 saturated carbocycles. The van der Waals surface area contributed by atoms with Gasteiger partial charge in [-0.25, -0.2) is 0 Å². The van der Waals surface area contributed by atoms with Crippen LogP contribution in [0, 0.1) is 5.92 Å². The lowest BCUT2D eigenvalue weighted by molar-refractivity contribution is -0.137. The van der Waals surface area contributed by atoms with Crippen molar-refractivity contribution in [3.05, 3.63) is 53.9 Å². The number of carbonyl (C=O) groups excluding carboxylic acids is 1. The van der Waals surface area contributed by atoms with Crippen molar-refractivity contribution in [2.24, 2.45) is 5.92 Å². The summed E-state index contributed by atoms with van der Waals surface area (Å²) < 4.78 is 1.80. The Bertz CT molecular complexity index is 727. The smallest absolute Gasteiger partial charge is 0.303 e. The van der Waals surface area contributed by atoms with Gasteiger partial charge < -0.3 is 10.0 Å². The Morgan fingerprint density at radius 2 is 2.08 bits per heavy atom. The molecule has 3 rings (SSSR count). The Morgan fingerprint density at radius 3 is 2.84 bits per heavy atom. The van der Waals surface area contributed by atoms with Gasteiger partial charge in [-0.2, -0.15) is 5.10 Å². The number of hydrogen-bond acceptors (Lipinski definition) is 3. The summed E-state index contributed by atoms with van der Waals surface area (Å²) in [5, 5.41) is 13.1. The SMILES string of the molecule is O=C(O)CCC1CCCN(C(=O)c2ccccc2Cn2cccn2)C1. The maximum absolute atomic E-state index is 13.0. The number of amides is 1. The van der Waals surface area contributed by atoms with Gasteiger partial charge in [0.15, 0.2) is 0 Å². The molecule has 6 heteroatoms. The highest BCUT2D eigenvalue weighted by Crippen LogP contribution is 2.23. The zero-order valence-corrected chi connectivity index (χ0v) is 14.2. The van der Waals surface area contributed by atoms with Gasteiger partial charge in [-0.05, 0) is 42.9 Å². The third-order valence-corrected chi connectivity index (χ3v) is 4.71. The molecular formula is C19H23N3O3. The lowest BCUT2D eigenvalue weighted by Crippen LogP contribution is -2.40. The number of piperidine rings is 1. The van der Waals surface area contributed by atoms with Crippen LogP contribution in [0.3, 0.4) is 0 Å². The summed E-state index contributed by atoms with van der Waals surface area (Å²) in [4.78, 5) is 25.7. The van der Waals surface area contributed by atoms with E-state index in [2.05, 4.69) is 5.10 Å². The average Bonchev–Trinajstić information content (AvgIpc) is 3.13. The third-order valence-electron chi connectivity index (χ3n) is 4.71. The summed E-state index contributed by atoms with van der Waals surface area (Å²) in [6.45, 7) is 1.94. The highest BCUT2D eigenvalue weighted by atomic mass is 16.4. The van der Waals surface area contributed by atoms with Crippen molar-refractivity contribution in [1.82, 2.24) is 14.7 Å². The number of nitrogens with zero attached hydrogens (tertiary/aromatic N) is 3. The fourth-order valence-electron chi connectivity index (χ4n) is 3.42. The molecule has 1 unspecified atom stereocenters. The van der Waals surface area contributed by atoms with Crippen LogP contribution in [0.5, 0.6) is 0 Å². The maximum atomic E-state index is 13.0. The first-order valence-electron chi connectivity index (χ1n) is 8.70. The van der Waals surface area contributed by atoms with Crippen LogP contribution in [0.2, 0.25) is 0 Å². The summed E-state index contributed by atoms with van der Waals surface area (Å²) >= 11 is 0. The number of benzene rings is 1. The molecule has 1 aliphatic rings. The molecule has 25 heavy (non-hydrogen) atoms. The highest BCUT2D eigenvalue weighted by Gasteiger charge is 2.26. The van der Waals surface area contributed by atoms with Gasteiger partial charge >= 0.3 is 5.97 Å². The fourth-order valence-corrected chi connectivity index (χ4v) is 3.42. The van der Waals surface area contributed by atoms with E-state index in [9.17, 15) is 9.59 Å². The van der Waals surface area contributed by atoms with E-state index >= 15 is 0 Å². The Labute approximate surface area is 147 Å².